The van der Waals surface area contributed by atoms with Gasteiger partial charge in [-0.15, -0.1) is 5.10 Å². The molecule has 2 N–H and O–H groups in total. The summed E-state index contributed by atoms with van der Waals surface area (Å²) in [5.41, 5.74) is 7.14. The normalized spacial score (nSPS) is 30.1. The van der Waals surface area contributed by atoms with Crippen molar-refractivity contribution in [3.63, 3.8) is 0 Å². The summed E-state index contributed by atoms with van der Waals surface area (Å²) >= 11 is 1.39. The van der Waals surface area contributed by atoms with Crippen molar-refractivity contribution in [1.82, 2.24) is 9.59 Å². The van der Waals surface area contributed by atoms with Crippen LogP contribution in [-0.4, -0.2) is 9.59 Å². The maximum Gasteiger partial charge on any atom is 0.0925 e. The first-order chi connectivity index (χ1) is 6.77. The fraction of sp³-hybridized carbons (Fsp3) is 0.800. The molecule has 4 heteroatoms. The van der Waals surface area contributed by atoms with Crippen LogP contribution in [0.1, 0.15) is 44.3 Å². The Hall–Kier alpha value is -0.480. The van der Waals surface area contributed by atoms with Gasteiger partial charge in [0.15, 0.2) is 0 Å². The second-order valence-corrected chi connectivity index (χ2v) is 4.99. The first-order valence-corrected chi connectivity index (χ1v) is 6.13. The SMILES string of the molecule is CC1CCC(C(N)c2csnn2)CC1. The summed E-state index contributed by atoms with van der Waals surface area (Å²) < 4.78 is 3.86. The highest BCUT2D eigenvalue weighted by molar-refractivity contribution is 7.03. The Labute approximate surface area is 88.9 Å². The van der Waals surface area contributed by atoms with Crippen LogP contribution in [0.2, 0.25) is 0 Å². The molecule has 0 amide bonds. The molecule has 0 bridgehead atoms. The first-order valence-electron chi connectivity index (χ1n) is 5.30. The average Bonchev–Trinajstić information content (AvgIpc) is 2.71. The maximum atomic E-state index is 6.16. The molecule has 1 heterocycles. The Morgan fingerprint density at radius 1 is 1.43 bits per heavy atom. The fourth-order valence-corrected chi connectivity index (χ4v) is 2.70. The quantitative estimate of drug-likeness (QED) is 0.817. The van der Waals surface area contributed by atoms with Gasteiger partial charge in [0.1, 0.15) is 0 Å². The van der Waals surface area contributed by atoms with Crippen molar-refractivity contribution in [2.75, 3.05) is 0 Å². The van der Waals surface area contributed by atoms with E-state index in [2.05, 4.69) is 16.5 Å². The van der Waals surface area contributed by atoms with Gasteiger partial charge >= 0.3 is 0 Å². The summed E-state index contributed by atoms with van der Waals surface area (Å²) in [4.78, 5) is 0. The van der Waals surface area contributed by atoms with Crippen LogP contribution in [0.3, 0.4) is 0 Å². The van der Waals surface area contributed by atoms with E-state index < -0.39 is 0 Å². The fourth-order valence-electron chi connectivity index (χ4n) is 2.20. The highest BCUT2D eigenvalue weighted by Crippen LogP contribution is 2.34. The second kappa shape index (κ2) is 4.36. The number of nitrogens with zero attached hydrogens (tertiary/aromatic N) is 2. The average molecular weight is 211 g/mol. The molecule has 0 saturated heterocycles. The molecule has 0 spiro atoms. The Morgan fingerprint density at radius 2 is 2.14 bits per heavy atom. The predicted octanol–water partition coefficient (Wildman–Crippen LogP) is 2.36. The van der Waals surface area contributed by atoms with E-state index >= 15 is 0 Å². The molecule has 14 heavy (non-hydrogen) atoms. The van der Waals surface area contributed by atoms with E-state index in [9.17, 15) is 0 Å². The molecule has 3 nitrogen and oxygen atoms in total. The molecule has 0 radical (unpaired) electrons. The van der Waals surface area contributed by atoms with Gasteiger partial charge in [-0.2, -0.15) is 0 Å². The third kappa shape index (κ3) is 2.12. The van der Waals surface area contributed by atoms with Gasteiger partial charge in [-0.25, -0.2) is 0 Å². The zero-order valence-corrected chi connectivity index (χ0v) is 9.33. The highest BCUT2D eigenvalue weighted by Gasteiger charge is 2.25. The predicted molar refractivity (Wildman–Crippen MR) is 58.0 cm³/mol. The van der Waals surface area contributed by atoms with Gasteiger partial charge in [-0.05, 0) is 36.2 Å². The van der Waals surface area contributed by atoms with Crippen LogP contribution in [0, 0.1) is 11.8 Å². The molecule has 1 atom stereocenters. The van der Waals surface area contributed by atoms with Gasteiger partial charge in [0.05, 0.1) is 11.7 Å². The second-order valence-electron chi connectivity index (χ2n) is 4.38. The number of aromatic nitrogens is 2. The first kappa shape index (κ1) is 10.1. The summed E-state index contributed by atoms with van der Waals surface area (Å²) in [5.74, 6) is 1.50. The topological polar surface area (TPSA) is 51.8 Å². The van der Waals surface area contributed by atoms with Crippen molar-refractivity contribution in [3.8, 4) is 0 Å². The smallest absolute Gasteiger partial charge is 0.0925 e. The molecule has 1 aromatic rings. The molecule has 2 rings (SSSR count). The largest absolute Gasteiger partial charge is 0.322 e. The number of nitrogens with two attached hydrogens (primary N) is 1. The number of hydrogen-bond acceptors (Lipinski definition) is 4. The zero-order valence-electron chi connectivity index (χ0n) is 8.52. The zero-order chi connectivity index (χ0) is 9.97. The van der Waals surface area contributed by atoms with Gasteiger partial charge in [-0.1, -0.05) is 24.3 Å². The van der Waals surface area contributed by atoms with E-state index in [1.807, 2.05) is 5.38 Å². The van der Waals surface area contributed by atoms with Crippen LogP contribution in [0.5, 0.6) is 0 Å². The summed E-state index contributed by atoms with van der Waals surface area (Å²) in [6.07, 6.45) is 5.13. The molecule has 0 aliphatic heterocycles. The van der Waals surface area contributed by atoms with Crippen LogP contribution < -0.4 is 5.73 Å². The lowest BCUT2D eigenvalue weighted by atomic mass is 9.79. The molecule has 1 aliphatic rings. The summed E-state index contributed by atoms with van der Waals surface area (Å²) in [7, 11) is 0. The monoisotopic (exact) mass is 211 g/mol. The van der Waals surface area contributed by atoms with Crippen LogP contribution in [0.15, 0.2) is 5.38 Å². The summed E-state index contributed by atoms with van der Waals surface area (Å²) in [5, 5.41) is 6.03. The molecule has 1 fully saturated rings. The van der Waals surface area contributed by atoms with Crippen molar-refractivity contribution in [2.45, 2.75) is 38.6 Å². The van der Waals surface area contributed by atoms with Gasteiger partial charge in [0, 0.05) is 5.38 Å². The van der Waals surface area contributed by atoms with E-state index in [1.165, 1.54) is 37.2 Å². The van der Waals surface area contributed by atoms with Crippen molar-refractivity contribution in [3.05, 3.63) is 11.1 Å². The van der Waals surface area contributed by atoms with Crippen LogP contribution >= 0.6 is 11.5 Å². The molecular weight excluding hydrogens is 194 g/mol. The molecule has 1 aromatic heterocycles. The van der Waals surface area contributed by atoms with Gasteiger partial charge in [0.25, 0.3) is 0 Å². The lowest BCUT2D eigenvalue weighted by Crippen LogP contribution is -2.25. The third-order valence-electron chi connectivity index (χ3n) is 3.29. The third-order valence-corrected chi connectivity index (χ3v) is 3.81. The van der Waals surface area contributed by atoms with Crippen molar-refractivity contribution in [2.24, 2.45) is 17.6 Å². The highest BCUT2D eigenvalue weighted by atomic mass is 32.1. The minimum absolute atomic E-state index is 0.112. The molecule has 0 aromatic carbocycles. The summed E-state index contributed by atoms with van der Waals surface area (Å²) in [6.45, 7) is 2.33. The minimum atomic E-state index is 0.112. The van der Waals surface area contributed by atoms with Gasteiger partial charge in [0.2, 0.25) is 0 Å². The number of hydrogen-bond donors (Lipinski definition) is 1. The van der Waals surface area contributed by atoms with E-state index in [-0.39, 0.29) is 6.04 Å². The molecule has 1 aliphatic carbocycles. The maximum absolute atomic E-state index is 6.16. The standard InChI is InChI=1S/C10H17N3S/c1-7-2-4-8(5-3-7)10(11)9-6-14-13-12-9/h6-8,10H,2-5,11H2,1H3. The minimum Gasteiger partial charge on any atom is -0.322 e. The van der Waals surface area contributed by atoms with Crippen molar-refractivity contribution < 1.29 is 0 Å². The van der Waals surface area contributed by atoms with Crippen LogP contribution in [-0.2, 0) is 0 Å². The Morgan fingerprint density at radius 3 is 2.71 bits per heavy atom. The number of rotatable bonds is 2. The van der Waals surface area contributed by atoms with Gasteiger partial charge in [-0.3, -0.25) is 0 Å². The molecular formula is C10H17N3S. The Kier molecular flexibility index (Phi) is 3.13. The lowest BCUT2D eigenvalue weighted by Gasteiger charge is -2.29. The van der Waals surface area contributed by atoms with E-state index in [4.69, 9.17) is 5.73 Å². The van der Waals surface area contributed by atoms with E-state index in [1.54, 1.807) is 0 Å². The molecule has 78 valence electrons. The van der Waals surface area contributed by atoms with Crippen molar-refractivity contribution in [1.29, 1.82) is 0 Å². The molecule has 1 saturated carbocycles. The molecule has 1 unspecified atom stereocenters. The van der Waals surface area contributed by atoms with Crippen LogP contribution in [0.4, 0.5) is 0 Å². The van der Waals surface area contributed by atoms with E-state index in [0.717, 1.165) is 11.6 Å². The van der Waals surface area contributed by atoms with E-state index in [0.29, 0.717) is 5.92 Å². The lowest BCUT2D eigenvalue weighted by molar-refractivity contribution is 0.254. The van der Waals surface area contributed by atoms with Crippen LogP contribution in [0.25, 0.3) is 0 Å². The van der Waals surface area contributed by atoms with Crippen molar-refractivity contribution >= 4 is 11.5 Å². The Balaban J connectivity index is 1.95. The Bertz CT molecular complexity index is 265. The summed E-state index contributed by atoms with van der Waals surface area (Å²) in [6, 6.07) is 0.112. The van der Waals surface area contributed by atoms with Gasteiger partial charge < -0.3 is 5.73 Å².